The molecule has 1 unspecified atom stereocenters. The molecule has 0 spiro atoms. The van der Waals surface area contributed by atoms with Crippen LogP contribution in [-0.4, -0.2) is 19.8 Å². The molecule has 0 aliphatic carbocycles. The van der Waals surface area contributed by atoms with E-state index in [1.54, 1.807) is 7.11 Å². The zero-order valence-corrected chi connectivity index (χ0v) is 11.0. The number of ether oxygens (including phenoxy) is 1. The summed E-state index contributed by atoms with van der Waals surface area (Å²) in [6, 6.07) is 8.48. The van der Waals surface area contributed by atoms with Crippen molar-refractivity contribution in [3.8, 4) is 0 Å². The SMILES string of the molecule is COCC(Nc1ccccc1Br)C(C)C. The van der Waals surface area contributed by atoms with Gasteiger partial charge in [-0.15, -0.1) is 0 Å². The standard InChI is InChI=1S/C12H18BrNO/c1-9(2)12(8-15-3)14-11-7-5-4-6-10(11)13/h4-7,9,12,14H,8H2,1-3H3. The maximum absolute atomic E-state index is 5.20. The monoisotopic (exact) mass is 271 g/mol. The number of nitrogens with one attached hydrogen (secondary N) is 1. The molecule has 3 heteroatoms. The molecule has 1 aromatic carbocycles. The second-order valence-corrected chi connectivity index (χ2v) is 4.78. The molecule has 0 fully saturated rings. The summed E-state index contributed by atoms with van der Waals surface area (Å²) >= 11 is 3.52. The number of hydrogen-bond donors (Lipinski definition) is 1. The van der Waals surface area contributed by atoms with Gasteiger partial charge in [-0.2, -0.15) is 0 Å². The van der Waals surface area contributed by atoms with Gasteiger partial charge in [-0.1, -0.05) is 26.0 Å². The number of para-hydroxylation sites is 1. The Morgan fingerprint density at radius 1 is 1.33 bits per heavy atom. The van der Waals surface area contributed by atoms with Gasteiger partial charge in [-0.3, -0.25) is 0 Å². The van der Waals surface area contributed by atoms with Crippen molar-refractivity contribution in [2.24, 2.45) is 5.92 Å². The van der Waals surface area contributed by atoms with E-state index in [0.717, 1.165) is 16.8 Å². The maximum Gasteiger partial charge on any atom is 0.0666 e. The molecule has 0 amide bonds. The Kier molecular flexibility index (Phi) is 5.12. The first kappa shape index (κ1) is 12.5. The van der Waals surface area contributed by atoms with Crippen LogP contribution in [-0.2, 0) is 4.74 Å². The van der Waals surface area contributed by atoms with Crippen molar-refractivity contribution in [2.45, 2.75) is 19.9 Å². The molecule has 1 rings (SSSR count). The van der Waals surface area contributed by atoms with Gasteiger partial charge in [-0.25, -0.2) is 0 Å². The molecule has 1 N–H and O–H groups in total. The minimum Gasteiger partial charge on any atom is -0.383 e. The highest BCUT2D eigenvalue weighted by Gasteiger charge is 2.13. The molecule has 2 nitrogen and oxygen atoms in total. The number of halogens is 1. The van der Waals surface area contributed by atoms with E-state index in [4.69, 9.17) is 4.74 Å². The van der Waals surface area contributed by atoms with E-state index >= 15 is 0 Å². The van der Waals surface area contributed by atoms with Gasteiger partial charge < -0.3 is 10.1 Å². The van der Waals surface area contributed by atoms with Gasteiger partial charge in [0.2, 0.25) is 0 Å². The van der Waals surface area contributed by atoms with Gasteiger partial charge in [0.05, 0.1) is 12.6 Å². The van der Waals surface area contributed by atoms with Crippen LogP contribution in [0.15, 0.2) is 28.7 Å². The molecule has 15 heavy (non-hydrogen) atoms. The van der Waals surface area contributed by atoms with Crippen LogP contribution in [0.25, 0.3) is 0 Å². The lowest BCUT2D eigenvalue weighted by atomic mass is 10.1. The Bertz CT molecular complexity index is 301. The van der Waals surface area contributed by atoms with Crippen molar-refractivity contribution >= 4 is 21.6 Å². The molecule has 0 aliphatic rings. The van der Waals surface area contributed by atoms with Gasteiger partial charge in [0.1, 0.15) is 0 Å². The summed E-state index contributed by atoms with van der Waals surface area (Å²) in [5.41, 5.74) is 1.12. The fraction of sp³-hybridized carbons (Fsp3) is 0.500. The second-order valence-electron chi connectivity index (χ2n) is 3.93. The molecule has 0 radical (unpaired) electrons. The minimum atomic E-state index is 0.341. The summed E-state index contributed by atoms with van der Waals surface area (Å²) in [4.78, 5) is 0. The Labute approximate surface area is 100 Å². The number of methoxy groups -OCH3 is 1. The summed E-state index contributed by atoms with van der Waals surface area (Å²) in [5, 5.41) is 3.48. The molecule has 0 saturated carbocycles. The Balaban J connectivity index is 2.69. The minimum absolute atomic E-state index is 0.341. The Morgan fingerprint density at radius 2 is 2.00 bits per heavy atom. The predicted molar refractivity (Wildman–Crippen MR) is 68.3 cm³/mol. The van der Waals surface area contributed by atoms with E-state index in [-0.39, 0.29) is 0 Å². The van der Waals surface area contributed by atoms with Crippen molar-refractivity contribution in [1.82, 2.24) is 0 Å². The molecule has 0 heterocycles. The first-order valence-electron chi connectivity index (χ1n) is 5.15. The van der Waals surface area contributed by atoms with E-state index in [0.29, 0.717) is 12.0 Å². The molecule has 0 aliphatic heterocycles. The number of anilines is 1. The van der Waals surface area contributed by atoms with Crippen molar-refractivity contribution in [1.29, 1.82) is 0 Å². The third-order valence-corrected chi connectivity index (χ3v) is 3.06. The van der Waals surface area contributed by atoms with Crippen molar-refractivity contribution in [2.75, 3.05) is 19.0 Å². The molecule has 0 bridgehead atoms. The topological polar surface area (TPSA) is 21.3 Å². The van der Waals surface area contributed by atoms with E-state index in [9.17, 15) is 0 Å². The quantitative estimate of drug-likeness (QED) is 0.885. The van der Waals surface area contributed by atoms with Crippen LogP contribution in [0.1, 0.15) is 13.8 Å². The first-order valence-corrected chi connectivity index (χ1v) is 5.94. The van der Waals surface area contributed by atoms with Crippen LogP contribution >= 0.6 is 15.9 Å². The highest BCUT2D eigenvalue weighted by Crippen LogP contribution is 2.23. The summed E-state index contributed by atoms with van der Waals surface area (Å²) < 4.78 is 6.29. The lowest BCUT2D eigenvalue weighted by molar-refractivity contribution is 0.171. The molecule has 1 atom stereocenters. The van der Waals surface area contributed by atoms with Crippen LogP contribution in [0.2, 0.25) is 0 Å². The average molecular weight is 272 g/mol. The molecule has 0 aromatic heterocycles. The van der Waals surface area contributed by atoms with E-state index in [1.165, 1.54) is 0 Å². The van der Waals surface area contributed by atoms with Gasteiger partial charge >= 0.3 is 0 Å². The summed E-state index contributed by atoms with van der Waals surface area (Å²) in [6.07, 6.45) is 0. The summed E-state index contributed by atoms with van der Waals surface area (Å²) in [6.45, 7) is 5.10. The predicted octanol–water partition coefficient (Wildman–Crippen LogP) is 3.53. The fourth-order valence-corrected chi connectivity index (χ4v) is 1.76. The third-order valence-electron chi connectivity index (χ3n) is 2.37. The smallest absolute Gasteiger partial charge is 0.0666 e. The van der Waals surface area contributed by atoms with Crippen LogP contribution in [0.3, 0.4) is 0 Å². The van der Waals surface area contributed by atoms with Gasteiger partial charge in [0.15, 0.2) is 0 Å². The van der Waals surface area contributed by atoms with Gasteiger partial charge in [-0.05, 0) is 34.0 Å². The van der Waals surface area contributed by atoms with E-state index < -0.39 is 0 Å². The van der Waals surface area contributed by atoms with Gasteiger partial charge in [0, 0.05) is 17.3 Å². The molecular formula is C12H18BrNO. The summed E-state index contributed by atoms with van der Waals surface area (Å²) in [5.74, 6) is 0.539. The number of rotatable bonds is 5. The highest BCUT2D eigenvalue weighted by molar-refractivity contribution is 9.10. The maximum atomic E-state index is 5.20. The van der Waals surface area contributed by atoms with Crippen LogP contribution in [0, 0.1) is 5.92 Å². The zero-order valence-electron chi connectivity index (χ0n) is 9.46. The highest BCUT2D eigenvalue weighted by atomic mass is 79.9. The molecular weight excluding hydrogens is 254 g/mol. The van der Waals surface area contributed by atoms with Crippen LogP contribution in [0.4, 0.5) is 5.69 Å². The third kappa shape index (κ3) is 3.84. The second kappa shape index (κ2) is 6.13. The fourth-order valence-electron chi connectivity index (χ4n) is 1.36. The Hall–Kier alpha value is -0.540. The van der Waals surface area contributed by atoms with Crippen molar-refractivity contribution in [3.05, 3.63) is 28.7 Å². The van der Waals surface area contributed by atoms with Crippen molar-refractivity contribution < 1.29 is 4.74 Å². The number of hydrogen-bond acceptors (Lipinski definition) is 2. The molecule has 84 valence electrons. The average Bonchev–Trinajstić information content (AvgIpc) is 2.20. The lowest BCUT2D eigenvalue weighted by Gasteiger charge is -2.23. The van der Waals surface area contributed by atoms with Crippen LogP contribution in [0.5, 0.6) is 0 Å². The Morgan fingerprint density at radius 3 is 2.53 bits per heavy atom. The van der Waals surface area contributed by atoms with Crippen molar-refractivity contribution in [3.63, 3.8) is 0 Å². The largest absolute Gasteiger partial charge is 0.383 e. The lowest BCUT2D eigenvalue weighted by Crippen LogP contribution is -2.30. The number of benzene rings is 1. The van der Waals surface area contributed by atoms with E-state index in [2.05, 4.69) is 41.2 Å². The van der Waals surface area contributed by atoms with Crippen LogP contribution < -0.4 is 5.32 Å². The summed E-state index contributed by atoms with van der Waals surface area (Å²) in [7, 11) is 1.73. The van der Waals surface area contributed by atoms with E-state index in [1.807, 2.05) is 18.2 Å². The first-order chi connectivity index (χ1) is 7.15. The zero-order chi connectivity index (χ0) is 11.3. The normalized spacial score (nSPS) is 12.9. The molecule has 1 aromatic rings. The van der Waals surface area contributed by atoms with Gasteiger partial charge in [0.25, 0.3) is 0 Å². The molecule has 0 saturated heterocycles.